The fourth-order valence-electron chi connectivity index (χ4n) is 3.48. The second kappa shape index (κ2) is 9.90. The number of cyclic esters (lactones) is 1. The standard InChI is InChI=1S/C19H26FN3O7S/c1-14(25)2-4-16-13-22(19(26)30-16)15-3-5-18(17(20)12-15)21-6-7-23(29-10-8-21)31(27,28)11-9-24/h3,5,12,16,24H,2,4,6-11,13H2,1H3/t16-/m0/s1. The minimum Gasteiger partial charge on any atom is -0.444 e. The lowest BCUT2D eigenvalue weighted by Gasteiger charge is -2.23. The molecular weight excluding hydrogens is 433 g/mol. The fourth-order valence-corrected chi connectivity index (χ4v) is 4.51. The van der Waals surface area contributed by atoms with Crippen LogP contribution in [0.15, 0.2) is 18.2 Å². The van der Waals surface area contributed by atoms with Crippen LogP contribution >= 0.6 is 0 Å². The molecule has 1 aromatic carbocycles. The number of nitrogens with zero attached hydrogens (tertiary/aromatic N) is 3. The third-order valence-corrected chi connectivity index (χ3v) is 6.69. The maximum Gasteiger partial charge on any atom is 0.414 e. The number of aliphatic hydroxyl groups is 1. The summed E-state index contributed by atoms with van der Waals surface area (Å²) in [5, 5.41) is 8.90. The Bertz CT molecular complexity index is 927. The Morgan fingerprint density at radius 2 is 2.06 bits per heavy atom. The number of carbonyl (C=O) groups is 2. The number of sulfonamides is 1. The van der Waals surface area contributed by atoms with Crippen molar-refractivity contribution in [3.8, 4) is 0 Å². The van der Waals surface area contributed by atoms with Crippen molar-refractivity contribution in [3.05, 3.63) is 24.0 Å². The maximum atomic E-state index is 14.9. The quantitative estimate of drug-likeness (QED) is 0.609. The minimum atomic E-state index is -3.75. The van der Waals surface area contributed by atoms with Crippen molar-refractivity contribution in [3.63, 3.8) is 0 Å². The molecule has 10 nitrogen and oxygen atoms in total. The second-order valence-corrected chi connectivity index (χ2v) is 9.36. The van der Waals surface area contributed by atoms with E-state index in [4.69, 9.17) is 14.7 Å². The molecule has 172 valence electrons. The maximum absolute atomic E-state index is 14.9. The van der Waals surface area contributed by atoms with E-state index < -0.39 is 40.4 Å². The van der Waals surface area contributed by atoms with Crippen LogP contribution in [0.4, 0.5) is 20.6 Å². The number of benzene rings is 1. The summed E-state index contributed by atoms with van der Waals surface area (Å²) in [7, 11) is -3.75. The van der Waals surface area contributed by atoms with Gasteiger partial charge in [-0.1, -0.05) is 4.47 Å². The summed E-state index contributed by atoms with van der Waals surface area (Å²) in [6.07, 6.45) is -0.287. The smallest absolute Gasteiger partial charge is 0.414 e. The number of aliphatic hydroxyl groups excluding tert-OH is 1. The monoisotopic (exact) mass is 459 g/mol. The van der Waals surface area contributed by atoms with E-state index in [1.807, 2.05) is 0 Å². The zero-order valence-corrected chi connectivity index (χ0v) is 18.0. The summed E-state index contributed by atoms with van der Waals surface area (Å²) < 4.78 is 45.1. The summed E-state index contributed by atoms with van der Waals surface area (Å²) >= 11 is 0. The molecule has 0 bridgehead atoms. The van der Waals surface area contributed by atoms with Crippen molar-refractivity contribution in [2.24, 2.45) is 0 Å². The molecule has 2 aliphatic rings. The molecule has 12 heteroatoms. The molecule has 2 saturated heterocycles. The minimum absolute atomic E-state index is 0.00838. The molecule has 3 rings (SSSR count). The molecule has 2 aliphatic heterocycles. The summed E-state index contributed by atoms with van der Waals surface area (Å²) in [5.41, 5.74) is 0.601. The van der Waals surface area contributed by atoms with E-state index in [1.165, 1.54) is 24.0 Å². The molecule has 2 fully saturated rings. The van der Waals surface area contributed by atoms with Crippen LogP contribution in [0.2, 0.25) is 0 Å². The highest BCUT2D eigenvalue weighted by Gasteiger charge is 2.33. The number of anilines is 2. The Labute approximate surface area is 180 Å². The van der Waals surface area contributed by atoms with Gasteiger partial charge in [0.05, 0.1) is 43.4 Å². The molecule has 1 amide bonds. The zero-order chi connectivity index (χ0) is 22.6. The normalized spacial score (nSPS) is 20.6. The zero-order valence-electron chi connectivity index (χ0n) is 17.2. The first kappa shape index (κ1) is 23.4. The molecule has 0 radical (unpaired) electrons. The number of hydroxylamine groups is 1. The van der Waals surface area contributed by atoms with E-state index in [0.717, 1.165) is 4.47 Å². The van der Waals surface area contributed by atoms with Gasteiger partial charge in [-0.3, -0.25) is 9.74 Å². The van der Waals surface area contributed by atoms with Gasteiger partial charge in [0, 0.05) is 19.5 Å². The molecule has 1 N–H and O–H groups in total. The average Bonchev–Trinajstić information content (AvgIpc) is 2.90. The van der Waals surface area contributed by atoms with E-state index in [0.29, 0.717) is 18.5 Å². The number of Topliss-reactive ketones (excluding diaryl/α,β-unsaturated/α-hetero) is 1. The van der Waals surface area contributed by atoms with Crippen LogP contribution in [0.1, 0.15) is 19.8 Å². The molecule has 0 aromatic heterocycles. The van der Waals surface area contributed by atoms with Crippen LogP contribution in [0, 0.1) is 5.82 Å². The largest absolute Gasteiger partial charge is 0.444 e. The van der Waals surface area contributed by atoms with Gasteiger partial charge in [-0.25, -0.2) is 17.6 Å². The van der Waals surface area contributed by atoms with Crippen LogP contribution in [-0.2, 0) is 24.4 Å². The van der Waals surface area contributed by atoms with E-state index in [2.05, 4.69) is 0 Å². The Hall–Kier alpha value is -2.28. The Morgan fingerprint density at radius 1 is 1.29 bits per heavy atom. The van der Waals surface area contributed by atoms with Crippen molar-refractivity contribution >= 4 is 33.3 Å². The van der Waals surface area contributed by atoms with Crippen molar-refractivity contribution in [2.45, 2.75) is 25.9 Å². The van der Waals surface area contributed by atoms with Crippen molar-refractivity contribution in [2.75, 3.05) is 54.9 Å². The highest BCUT2D eigenvalue weighted by Crippen LogP contribution is 2.29. The predicted octanol–water partition coefficient (Wildman–Crippen LogP) is 0.896. The van der Waals surface area contributed by atoms with Crippen LogP contribution in [0.5, 0.6) is 0 Å². The van der Waals surface area contributed by atoms with Gasteiger partial charge in [0.2, 0.25) is 10.0 Å². The first-order chi connectivity index (χ1) is 14.7. The van der Waals surface area contributed by atoms with Crippen molar-refractivity contribution < 1.29 is 37.1 Å². The number of ether oxygens (including phenoxy) is 1. The van der Waals surface area contributed by atoms with Gasteiger partial charge in [0.15, 0.2) is 0 Å². The molecule has 31 heavy (non-hydrogen) atoms. The van der Waals surface area contributed by atoms with Gasteiger partial charge < -0.3 is 19.5 Å². The first-order valence-corrected chi connectivity index (χ1v) is 11.6. The van der Waals surface area contributed by atoms with Crippen LogP contribution in [0.3, 0.4) is 0 Å². The average molecular weight is 459 g/mol. The Morgan fingerprint density at radius 3 is 2.74 bits per heavy atom. The summed E-state index contributed by atoms with van der Waals surface area (Å²) in [4.78, 5) is 31.5. The van der Waals surface area contributed by atoms with Gasteiger partial charge in [-0.2, -0.15) is 0 Å². The lowest BCUT2D eigenvalue weighted by atomic mass is 10.1. The number of carbonyl (C=O) groups excluding carboxylic acids is 2. The van der Waals surface area contributed by atoms with Crippen molar-refractivity contribution in [1.82, 2.24) is 4.47 Å². The molecule has 0 aliphatic carbocycles. The fraction of sp³-hybridized carbons (Fsp3) is 0.579. The van der Waals surface area contributed by atoms with Gasteiger partial charge in [0.25, 0.3) is 0 Å². The topological polar surface area (TPSA) is 117 Å². The molecule has 0 spiro atoms. The molecule has 0 unspecified atom stereocenters. The van der Waals surface area contributed by atoms with Crippen LogP contribution in [-0.4, -0.2) is 81.1 Å². The van der Waals surface area contributed by atoms with E-state index in [-0.39, 0.29) is 44.3 Å². The summed E-state index contributed by atoms with van der Waals surface area (Å²) in [6.45, 7) is 1.66. The first-order valence-electron chi connectivity index (χ1n) is 9.97. The van der Waals surface area contributed by atoms with E-state index >= 15 is 0 Å². The van der Waals surface area contributed by atoms with Gasteiger partial charge in [-0.05, 0) is 31.5 Å². The number of ketones is 1. The third-order valence-electron chi connectivity index (χ3n) is 5.08. The van der Waals surface area contributed by atoms with Gasteiger partial charge in [-0.15, -0.1) is 0 Å². The molecule has 1 atom stereocenters. The van der Waals surface area contributed by atoms with Gasteiger partial charge in [0.1, 0.15) is 17.7 Å². The number of hydrogen-bond donors (Lipinski definition) is 1. The van der Waals surface area contributed by atoms with Gasteiger partial charge >= 0.3 is 6.09 Å². The molecule has 2 heterocycles. The third kappa shape index (κ3) is 5.70. The molecule has 0 saturated carbocycles. The van der Waals surface area contributed by atoms with Crippen LogP contribution < -0.4 is 9.80 Å². The molecule has 1 aromatic rings. The molecular formula is C19H26FN3O7S. The Kier molecular flexibility index (Phi) is 7.46. The SMILES string of the molecule is CC(=O)CC[C@H]1CN(c2ccc(N3CCON(S(=O)(=O)CCO)CC3)c(F)c2)C(=O)O1. The Balaban J connectivity index is 1.67. The number of amides is 1. The van der Waals surface area contributed by atoms with Crippen LogP contribution in [0.25, 0.3) is 0 Å². The van der Waals surface area contributed by atoms with E-state index in [1.54, 1.807) is 11.0 Å². The second-order valence-electron chi connectivity index (χ2n) is 7.38. The highest BCUT2D eigenvalue weighted by molar-refractivity contribution is 7.88. The summed E-state index contributed by atoms with van der Waals surface area (Å²) in [6, 6.07) is 4.35. The predicted molar refractivity (Wildman–Crippen MR) is 110 cm³/mol. The summed E-state index contributed by atoms with van der Waals surface area (Å²) in [5.74, 6) is -1.01. The highest BCUT2D eigenvalue weighted by atomic mass is 32.2. The number of halogens is 1. The van der Waals surface area contributed by atoms with E-state index in [9.17, 15) is 22.4 Å². The van der Waals surface area contributed by atoms with Crippen molar-refractivity contribution in [1.29, 1.82) is 0 Å². The number of rotatable bonds is 8. The lowest BCUT2D eigenvalue weighted by molar-refractivity contribution is -0.117. The lowest BCUT2D eigenvalue weighted by Crippen LogP contribution is -2.36. The number of hydrogen-bond acceptors (Lipinski definition) is 8.